The van der Waals surface area contributed by atoms with Crippen LogP contribution >= 0.6 is 11.3 Å². The molecule has 0 unspecified atom stereocenters. The number of H-pyrrole nitrogens is 1. The summed E-state index contributed by atoms with van der Waals surface area (Å²) in [5, 5.41) is 6.63. The molecule has 0 radical (unpaired) electrons. The first-order chi connectivity index (χ1) is 28.5. The van der Waals surface area contributed by atoms with Crippen LogP contribution in [-0.4, -0.2) is 4.98 Å². The Morgan fingerprint density at radius 2 is 1.28 bits per heavy atom. The number of aromatic amines is 1. The highest BCUT2D eigenvalue weighted by Gasteiger charge is 2.30. The number of nitrogens with zero attached hydrogens (tertiary/aromatic N) is 1. The Morgan fingerprint density at radius 1 is 0.556 bits per heavy atom. The quantitative estimate of drug-likeness (QED) is 0.130. The van der Waals surface area contributed by atoms with Crippen molar-refractivity contribution in [1.29, 1.82) is 0 Å². The molecule has 10 aromatic rings. The fourth-order valence-corrected chi connectivity index (χ4v) is 9.45. The molecule has 0 aliphatic carbocycles. The summed E-state index contributed by atoms with van der Waals surface area (Å²) in [6.07, 6.45) is 0. The third-order valence-corrected chi connectivity index (χ3v) is 12.1. The van der Waals surface area contributed by atoms with Gasteiger partial charge in [-0.1, -0.05) is 137 Å². The van der Waals surface area contributed by atoms with Crippen molar-refractivity contribution in [2.75, 3.05) is 0 Å². The minimum absolute atomic E-state index is 0.194. The van der Waals surface area contributed by atoms with Crippen LogP contribution in [0.4, 0.5) is 0 Å². The van der Waals surface area contributed by atoms with E-state index >= 15 is 0 Å². The van der Waals surface area contributed by atoms with Crippen molar-refractivity contribution in [2.45, 2.75) is 39.5 Å². The predicted octanol–water partition coefficient (Wildman–Crippen LogP) is 14.4. The van der Waals surface area contributed by atoms with Crippen molar-refractivity contribution in [3.8, 4) is 39.3 Å². The molecule has 10 rings (SSSR count). The van der Waals surface area contributed by atoms with E-state index in [-0.39, 0.29) is 47.6 Å². The minimum Gasteiger partial charge on any atom is -0.236 e. The summed E-state index contributed by atoms with van der Waals surface area (Å²) in [6, 6.07) is 43.9. The van der Waals surface area contributed by atoms with Gasteiger partial charge in [-0.15, -0.1) is 11.3 Å². The predicted molar refractivity (Wildman–Crippen MR) is 232 cm³/mol. The number of benzene rings is 8. The average molecular weight is 719 g/mol. The Bertz CT molecular complexity index is 3290. The zero-order valence-corrected chi connectivity index (χ0v) is 31.5. The molecule has 54 heavy (non-hydrogen) atoms. The molecule has 0 bridgehead atoms. The zero-order chi connectivity index (χ0) is 40.9. The second-order valence-corrected chi connectivity index (χ2v) is 15.9. The van der Waals surface area contributed by atoms with Crippen molar-refractivity contribution in [3.63, 3.8) is 0 Å². The summed E-state index contributed by atoms with van der Waals surface area (Å²) in [5.74, 6) is 1.60. The molecule has 3 heteroatoms. The van der Waals surface area contributed by atoms with Crippen LogP contribution in [0.5, 0.6) is 0 Å². The van der Waals surface area contributed by atoms with Crippen LogP contribution in [-0.2, 0) is 0 Å². The summed E-state index contributed by atoms with van der Waals surface area (Å²) in [7, 11) is 0. The largest absolute Gasteiger partial charge is 0.294 e. The third-order valence-electron chi connectivity index (χ3n) is 10.9. The SMILES string of the molecule is [2H]c1c([2H])c([2H])c(-c2ccc3c(ccc4cc5c(cc43)sc3c(-c4[nH]c6ccccc6[n+]4-c4c(C(C)C)cc(-c6ccccc6)cc4C(C)C)cccc35)c2)c([2H])c1[2H]. The summed E-state index contributed by atoms with van der Waals surface area (Å²) in [4.78, 5) is 3.90. The second kappa shape index (κ2) is 12.8. The molecule has 2 heterocycles. The van der Waals surface area contributed by atoms with Crippen LogP contribution in [0, 0.1) is 0 Å². The van der Waals surface area contributed by atoms with Gasteiger partial charge in [0, 0.05) is 26.6 Å². The molecule has 0 amide bonds. The fraction of sp³-hybridized carbons (Fsp3) is 0.118. The van der Waals surface area contributed by atoms with E-state index in [2.05, 4.69) is 146 Å². The van der Waals surface area contributed by atoms with Crippen LogP contribution in [0.2, 0.25) is 0 Å². The molecule has 0 atom stereocenters. The number of nitrogens with one attached hydrogen (secondary N) is 1. The first-order valence-corrected chi connectivity index (χ1v) is 19.5. The van der Waals surface area contributed by atoms with Gasteiger partial charge in [0.05, 0.1) is 17.1 Å². The number of aromatic nitrogens is 2. The highest BCUT2D eigenvalue weighted by Crippen LogP contribution is 2.43. The fourth-order valence-electron chi connectivity index (χ4n) is 8.21. The Hall–Kier alpha value is -6.03. The van der Waals surface area contributed by atoms with Crippen LogP contribution in [0.15, 0.2) is 158 Å². The maximum absolute atomic E-state index is 8.55. The lowest BCUT2D eigenvalue weighted by Crippen LogP contribution is -2.35. The zero-order valence-electron chi connectivity index (χ0n) is 35.6. The highest BCUT2D eigenvalue weighted by molar-refractivity contribution is 7.26. The van der Waals surface area contributed by atoms with E-state index in [0.717, 1.165) is 44.0 Å². The molecule has 2 aromatic heterocycles. The van der Waals surface area contributed by atoms with E-state index in [1.165, 1.54) is 48.1 Å². The Morgan fingerprint density at radius 3 is 2.04 bits per heavy atom. The van der Waals surface area contributed by atoms with Crippen LogP contribution in [0.1, 0.15) is 57.5 Å². The summed E-state index contributed by atoms with van der Waals surface area (Å²) in [6.45, 7) is 9.18. The third kappa shape index (κ3) is 5.26. The Kier molecular flexibility index (Phi) is 6.55. The lowest BCUT2D eigenvalue weighted by molar-refractivity contribution is -0.556. The number of fused-ring (bicyclic) bond motifs is 7. The van der Waals surface area contributed by atoms with Gasteiger partial charge in [-0.05, 0) is 104 Å². The van der Waals surface area contributed by atoms with Crippen molar-refractivity contribution >= 4 is 64.1 Å². The number of thiophene rings is 1. The van der Waals surface area contributed by atoms with Crippen molar-refractivity contribution in [3.05, 3.63) is 169 Å². The van der Waals surface area contributed by atoms with Crippen molar-refractivity contribution in [1.82, 2.24) is 4.98 Å². The van der Waals surface area contributed by atoms with E-state index in [4.69, 9.17) is 6.85 Å². The Labute approximate surface area is 327 Å². The minimum atomic E-state index is -0.386. The standard InChI is InChI=1S/C51H40N2S/c1-31(2)42-28-38(34-16-9-6-10-17-34)29-43(32(3)4)49(42)53-47-21-12-11-20-46(47)52-51(53)41-19-13-18-40-45-27-37-23-22-36-26-35(33-14-7-5-8-15-33)24-25-39(36)44(37)30-48(45)54-50(40)41/h5-32H,1-4H3/p+1/i5D,7D,8D,14D,15D. The molecule has 2 nitrogen and oxygen atoms in total. The highest BCUT2D eigenvalue weighted by atomic mass is 32.1. The van der Waals surface area contributed by atoms with Crippen LogP contribution < -0.4 is 4.57 Å². The number of para-hydroxylation sites is 2. The first-order valence-electron chi connectivity index (χ1n) is 21.2. The van der Waals surface area contributed by atoms with Gasteiger partial charge in [0.1, 0.15) is 5.69 Å². The van der Waals surface area contributed by atoms with E-state index < -0.39 is 0 Å². The molecule has 0 aliphatic rings. The van der Waals surface area contributed by atoms with Gasteiger partial charge in [-0.2, -0.15) is 4.57 Å². The van der Waals surface area contributed by atoms with Crippen LogP contribution in [0.25, 0.3) is 92.1 Å². The molecule has 260 valence electrons. The Balaban J connectivity index is 1.19. The summed E-state index contributed by atoms with van der Waals surface area (Å²) in [5.41, 5.74) is 10.5. The lowest BCUT2D eigenvalue weighted by atomic mass is 9.88. The first kappa shape index (κ1) is 27.6. The number of hydrogen-bond donors (Lipinski definition) is 1. The van der Waals surface area contributed by atoms with Gasteiger partial charge in [0.25, 0.3) is 5.82 Å². The van der Waals surface area contributed by atoms with E-state index in [1.807, 2.05) is 29.5 Å². The van der Waals surface area contributed by atoms with Crippen LogP contribution in [0.3, 0.4) is 0 Å². The summed E-state index contributed by atoms with van der Waals surface area (Å²) < 4.78 is 46.4. The normalized spacial score (nSPS) is 13.3. The van der Waals surface area contributed by atoms with Gasteiger partial charge >= 0.3 is 0 Å². The molecular weight excluding hydrogens is 673 g/mol. The van der Waals surface area contributed by atoms with E-state index in [1.54, 1.807) is 0 Å². The monoisotopic (exact) mass is 718 g/mol. The smallest absolute Gasteiger partial charge is 0.236 e. The summed E-state index contributed by atoms with van der Waals surface area (Å²) >= 11 is 1.81. The van der Waals surface area contributed by atoms with Gasteiger partial charge in [0.15, 0.2) is 11.0 Å². The van der Waals surface area contributed by atoms with Crippen molar-refractivity contribution < 1.29 is 11.4 Å². The molecule has 0 spiro atoms. The maximum atomic E-state index is 8.55. The van der Waals surface area contributed by atoms with Gasteiger partial charge in [-0.3, -0.25) is 0 Å². The van der Waals surface area contributed by atoms with Crippen molar-refractivity contribution in [2.24, 2.45) is 0 Å². The molecule has 0 saturated heterocycles. The van der Waals surface area contributed by atoms with Gasteiger partial charge in [-0.25, -0.2) is 4.98 Å². The molecule has 0 saturated carbocycles. The molecule has 0 aliphatic heterocycles. The topological polar surface area (TPSA) is 19.7 Å². The van der Waals surface area contributed by atoms with E-state index in [0.29, 0.717) is 5.56 Å². The molecule has 8 aromatic carbocycles. The maximum Gasteiger partial charge on any atom is 0.294 e. The average Bonchev–Trinajstić information content (AvgIpc) is 3.82. The number of rotatable bonds is 6. The molecule has 0 fully saturated rings. The molecule has 1 N–H and O–H groups in total. The number of imidazole rings is 1. The van der Waals surface area contributed by atoms with Gasteiger partial charge < -0.3 is 0 Å². The number of hydrogen-bond acceptors (Lipinski definition) is 1. The molecular formula is C51H41N2S+. The van der Waals surface area contributed by atoms with E-state index in [9.17, 15) is 0 Å². The van der Waals surface area contributed by atoms with Gasteiger partial charge in [0.2, 0.25) is 0 Å². The second-order valence-electron chi connectivity index (χ2n) is 14.9. The lowest BCUT2D eigenvalue weighted by Gasteiger charge is -2.20.